The summed E-state index contributed by atoms with van der Waals surface area (Å²) < 4.78 is 11.2. The lowest BCUT2D eigenvalue weighted by Gasteiger charge is -2.21. The lowest BCUT2D eigenvalue weighted by Crippen LogP contribution is -2.28. The zero-order valence-electron chi connectivity index (χ0n) is 14.0. The van der Waals surface area contributed by atoms with E-state index in [-0.39, 0.29) is 11.7 Å². The van der Waals surface area contributed by atoms with Gasteiger partial charge in [-0.05, 0) is 49.6 Å². The van der Waals surface area contributed by atoms with Gasteiger partial charge in [-0.1, -0.05) is 18.2 Å². The number of nitrogens with one attached hydrogen (secondary N) is 1. The molecule has 2 aliphatic rings. The van der Waals surface area contributed by atoms with Crippen molar-refractivity contribution in [1.82, 2.24) is 0 Å². The van der Waals surface area contributed by atoms with Crippen molar-refractivity contribution in [2.45, 2.75) is 25.2 Å². The van der Waals surface area contributed by atoms with Crippen LogP contribution in [0.25, 0.3) is 0 Å². The summed E-state index contributed by atoms with van der Waals surface area (Å²) in [4.78, 5) is 24.4. The number of amides is 1. The van der Waals surface area contributed by atoms with Gasteiger partial charge >= 0.3 is 0 Å². The first-order valence-corrected chi connectivity index (χ1v) is 8.41. The molecule has 5 nitrogen and oxygen atoms in total. The number of benzene rings is 2. The van der Waals surface area contributed by atoms with Crippen molar-refractivity contribution in [3.8, 4) is 11.5 Å². The number of carbonyl (C=O) groups is 2. The van der Waals surface area contributed by atoms with Gasteiger partial charge in [0.05, 0.1) is 5.41 Å². The van der Waals surface area contributed by atoms with Crippen LogP contribution in [-0.2, 0) is 10.2 Å². The van der Waals surface area contributed by atoms with E-state index in [2.05, 4.69) is 5.32 Å². The van der Waals surface area contributed by atoms with E-state index in [1.165, 1.54) is 6.92 Å². The minimum absolute atomic E-state index is 0.0240. The molecular weight excluding hydrogens is 318 g/mol. The van der Waals surface area contributed by atoms with Crippen molar-refractivity contribution in [2.75, 3.05) is 18.5 Å². The summed E-state index contributed by atoms with van der Waals surface area (Å²) in [5.74, 6) is 1.34. The highest BCUT2D eigenvalue weighted by Crippen LogP contribution is 2.50. The zero-order valence-corrected chi connectivity index (χ0v) is 14.0. The molecule has 1 saturated carbocycles. The average molecular weight is 337 g/mol. The maximum absolute atomic E-state index is 12.9. The van der Waals surface area contributed by atoms with Crippen LogP contribution in [0.3, 0.4) is 0 Å². The number of anilines is 1. The van der Waals surface area contributed by atoms with E-state index in [1.807, 2.05) is 18.2 Å². The van der Waals surface area contributed by atoms with Crippen molar-refractivity contribution in [1.29, 1.82) is 0 Å². The van der Waals surface area contributed by atoms with Gasteiger partial charge in [0, 0.05) is 11.3 Å². The highest BCUT2D eigenvalue weighted by Gasteiger charge is 2.51. The predicted octanol–water partition coefficient (Wildman–Crippen LogP) is 3.33. The third-order valence-corrected chi connectivity index (χ3v) is 4.81. The van der Waals surface area contributed by atoms with Crippen molar-refractivity contribution in [3.05, 3.63) is 53.6 Å². The Morgan fingerprint density at radius 1 is 1.00 bits per heavy atom. The standard InChI is InChI=1S/C20H19NO4/c1-13(22)14-3-2-4-16(11-14)21-19(23)20(7-8-20)15-5-6-17-18(12-15)25-10-9-24-17/h2-6,11-12H,7-10H2,1H3,(H,21,23). The molecule has 25 heavy (non-hydrogen) atoms. The van der Waals surface area contributed by atoms with E-state index >= 15 is 0 Å². The first-order chi connectivity index (χ1) is 12.1. The molecule has 1 heterocycles. The van der Waals surface area contributed by atoms with Crippen molar-refractivity contribution in [2.24, 2.45) is 0 Å². The largest absolute Gasteiger partial charge is 0.486 e. The summed E-state index contributed by atoms with van der Waals surface area (Å²) in [6.07, 6.45) is 1.59. The molecule has 1 N–H and O–H groups in total. The quantitative estimate of drug-likeness (QED) is 0.869. The van der Waals surface area contributed by atoms with Crippen LogP contribution in [0.5, 0.6) is 11.5 Å². The average Bonchev–Trinajstić information content (AvgIpc) is 3.43. The number of carbonyl (C=O) groups excluding carboxylic acids is 2. The molecule has 0 atom stereocenters. The fourth-order valence-corrected chi connectivity index (χ4v) is 3.18. The summed E-state index contributed by atoms with van der Waals surface area (Å²) in [6, 6.07) is 12.7. The van der Waals surface area contributed by atoms with Gasteiger partial charge in [0.2, 0.25) is 5.91 Å². The molecule has 1 aliphatic carbocycles. The van der Waals surface area contributed by atoms with Crippen LogP contribution in [0.1, 0.15) is 35.7 Å². The monoisotopic (exact) mass is 337 g/mol. The number of hydrogen-bond donors (Lipinski definition) is 1. The van der Waals surface area contributed by atoms with Crippen LogP contribution in [0, 0.1) is 0 Å². The molecule has 128 valence electrons. The predicted molar refractivity (Wildman–Crippen MR) is 93.4 cm³/mol. The molecule has 4 rings (SSSR count). The number of fused-ring (bicyclic) bond motifs is 1. The van der Waals surface area contributed by atoms with Gasteiger partial charge < -0.3 is 14.8 Å². The van der Waals surface area contributed by atoms with Gasteiger partial charge in [-0.15, -0.1) is 0 Å². The smallest absolute Gasteiger partial charge is 0.235 e. The Morgan fingerprint density at radius 3 is 2.48 bits per heavy atom. The summed E-state index contributed by atoms with van der Waals surface area (Å²) in [5.41, 5.74) is 1.64. The second-order valence-electron chi connectivity index (χ2n) is 6.53. The van der Waals surface area contributed by atoms with Crippen LogP contribution in [0.2, 0.25) is 0 Å². The lowest BCUT2D eigenvalue weighted by molar-refractivity contribution is -0.118. The van der Waals surface area contributed by atoms with Gasteiger partial charge in [0.15, 0.2) is 17.3 Å². The molecule has 0 bridgehead atoms. The summed E-state index contributed by atoms with van der Waals surface area (Å²) in [6.45, 7) is 2.58. The van der Waals surface area contributed by atoms with Crippen LogP contribution in [0.4, 0.5) is 5.69 Å². The van der Waals surface area contributed by atoms with E-state index < -0.39 is 5.41 Å². The number of ketones is 1. The molecule has 0 spiro atoms. The SMILES string of the molecule is CC(=O)c1cccc(NC(=O)C2(c3ccc4c(c3)OCCO4)CC2)c1. The highest BCUT2D eigenvalue weighted by atomic mass is 16.6. The van der Waals surface area contributed by atoms with E-state index in [0.717, 1.165) is 24.2 Å². The molecule has 1 aliphatic heterocycles. The van der Waals surface area contributed by atoms with E-state index in [0.29, 0.717) is 30.2 Å². The first kappa shape index (κ1) is 15.7. The molecule has 2 aromatic rings. The number of ether oxygens (including phenoxy) is 2. The maximum atomic E-state index is 12.9. The van der Waals surface area contributed by atoms with Crippen molar-refractivity contribution < 1.29 is 19.1 Å². The Hall–Kier alpha value is -2.82. The normalized spacial score (nSPS) is 16.8. The van der Waals surface area contributed by atoms with Crippen LogP contribution < -0.4 is 14.8 Å². The Morgan fingerprint density at radius 2 is 1.76 bits per heavy atom. The second kappa shape index (κ2) is 5.92. The first-order valence-electron chi connectivity index (χ1n) is 8.41. The van der Waals surface area contributed by atoms with Crippen LogP contribution >= 0.6 is 0 Å². The molecule has 0 aromatic heterocycles. The van der Waals surface area contributed by atoms with E-state index in [4.69, 9.17) is 9.47 Å². The maximum Gasteiger partial charge on any atom is 0.235 e. The molecular formula is C20H19NO4. The molecule has 1 fully saturated rings. The third-order valence-electron chi connectivity index (χ3n) is 4.81. The number of hydrogen-bond acceptors (Lipinski definition) is 4. The zero-order chi connectivity index (χ0) is 17.4. The fourth-order valence-electron chi connectivity index (χ4n) is 3.18. The van der Waals surface area contributed by atoms with Crippen LogP contribution in [-0.4, -0.2) is 24.9 Å². The van der Waals surface area contributed by atoms with Gasteiger partial charge in [0.25, 0.3) is 0 Å². The third kappa shape index (κ3) is 2.86. The van der Waals surface area contributed by atoms with Gasteiger partial charge in [-0.2, -0.15) is 0 Å². The molecule has 2 aromatic carbocycles. The Labute approximate surface area is 145 Å². The summed E-state index contributed by atoms with van der Waals surface area (Å²) in [5, 5.41) is 2.96. The molecule has 0 unspecified atom stereocenters. The number of rotatable bonds is 4. The Bertz CT molecular complexity index is 855. The fraction of sp³-hybridized carbons (Fsp3) is 0.300. The Balaban J connectivity index is 1.57. The van der Waals surface area contributed by atoms with Gasteiger partial charge in [-0.3, -0.25) is 9.59 Å². The summed E-state index contributed by atoms with van der Waals surface area (Å²) in [7, 11) is 0. The van der Waals surface area contributed by atoms with Gasteiger partial charge in [0.1, 0.15) is 13.2 Å². The molecule has 0 saturated heterocycles. The van der Waals surface area contributed by atoms with Gasteiger partial charge in [-0.25, -0.2) is 0 Å². The minimum Gasteiger partial charge on any atom is -0.486 e. The topological polar surface area (TPSA) is 64.6 Å². The highest BCUT2D eigenvalue weighted by molar-refractivity contribution is 6.02. The number of Topliss-reactive ketones (excluding diaryl/α,β-unsaturated/α-hetero) is 1. The molecule has 5 heteroatoms. The molecule has 1 amide bonds. The van der Waals surface area contributed by atoms with Crippen molar-refractivity contribution in [3.63, 3.8) is 0 Å². The van der Waals surface area contributed by atoms with E-state index in [1.54, 1.807) is 24.3 Å². The second-order valence-corrected chi connectivity index (χ2v) is 6.53. The minimum atomic E-state index is -0.526. The molecule has 0 radical (unpaired) electrons. The Kier molecular flexibility index (Phi) is 3.71. The lowest BCUT2D eigenvalue weighted by atomic mass is 9.94. The van der Waals surface area contributed by atoms with Crippen molar-refractivity contribution >= 4 is 17.4 Å². The van der Waals surface area contributed by atoms with E-state index in [9.17, 15) is 9.59 Å². The summed E-state index contributed by atoms with van der Waals surface area (Å²) >= 11 is 0. The van der Waals surface area contributed by atoms with Crippen LogP contribution in [0.15, 0.2) is 42.5 Å².